The number of aryl methyl sites for hydroxylation is 2. The molecule has 6 rings (SSSR count). The standard InChI is InChI=1S/2C24H32N2O2.CH2O/c2*1-5-24(25(3)4,18-20-8-6-19(2)7-9-20)23(27)21-10-12-22(13-11-21)26-14-16-28-17-15-26;1-2/h2*6-13H,5,14-18H2,1-4H3;1H2. The molecule has 2 atom stereocenters. The first-order valence-corrected chi connectivity index (χ1v) is 20.6. The van der Waals surface area contributed by atoms with E-state index in [1.165, 1.54) is 22.3 Å². The van der Waals surface area contributed by atoms with Gasteiger partial charge in [-0.1, -0.05) is 73.5 Å². The second-order valence-electron chi connectivity index (χ2n) is 15.8. The second kappa shape index (κ2) is 21.9. The number of Topliss-reactive ketones (excluding diaryl/α,β-unsaturated/α-hetero) is 2. The summed E-state index contributed by atoms with van der Waals surface area (Å²) in [4.78, 5) is 44.0. The highest BCUT2D eigenvalue weighted by atomic mass is 16.5. The van der Waals surface area contributed by atoms with Crippen molar-refractivity contribution in [3.05, 3.63) is 130 Å². The van der Waals surface area contributed by atoms with Crippen molar-refractivity contribution in [1.29, 1.82) is 0 Å². The highest BCUT2D eigenvalue weighted by Crippen LogP contribution is 2.31. The SMILES string of the molecule is C=O.CCC(Cc1ccc(C)cc1)(C(=O)c1ccc(N2CCOCC2)cc1)N(C)C.CCC(Cc1ccc(C)cc1)(C(=O)c1ccc(N2CCOCC2)cc1)N(C)C. The van der Waals surface area contributed by atoms with Crippen LogP contribution in [-0.2, 0) is 27.1 Å². The second-order valence-corrected chi connectivity index (χ2v) is 15.8. The summed E-state index contributed by atoms with van der Waals surface area (Å²) >= 11 is 0. The number of ether oxygens (including phenoxy) is 2. The van der Waals surface area contributed by atoms with Crippen molar-refractivity contribution in [2.24, 2.45) is 0 Å². The van der Waals surface area contributed by atoms with Crippen LogP contribution in [0.5, 0.6) is 0 Å². The molecule has 2 saturated heterocycles. The molecule has 2 heterocycles. The van der Waals surface area contributed by atoms with E-state index in [-0.39, 0.29) is 11.6 Å². The minimum Gasteiger partial charge on any atom is -0.378 e. The molecular weight excluding hydrogens is 725 g/mol. The summed E-state index contributed by atoms with van der Waals surface area (Å²) in [6.07, 6.45) is 2.94. The van der Waals surface area contributed by atoms with Crippen molar-refractivity contribution >= 4 is 29.7 Å². The zero-order valence-electron chi connectivity index (χ0n) is 36.3. The summed E-state index contributed by atoms with van der Waals surface area (Å²) in [6.45, 7) is 17.0. The van der Waals surface area contributed by atoms with Crippen LogP contribution in [0.1, 0.15) is 69.7 Å². The quantitative estimate of drug-likeness (QED) is 0.119. The largest absolute Gasteiger partial charge is 0.378 e. The van der Waals surface area contributed by atoms with Crippen LogP contribution in [0.2, 0.25) is 0 Å². The molecule has 0 radical (unpaired) electrons. The normalized spacial score (nSPS) is 16.3. The fourth-order valence-electron chi connectivity index (χ4n) is 8.00. The Labute approximate surface area is 347 Å². The van der Waals surface area contributed by atoms with E-state index in [1.54, 1.807) is 0 Å². The minimum atomic E-state index is -0.546. The average Bonchev–Trinajstić information content (AvgIpc) is 3.27. The van der Waals surface area contributed by atoms with E-state index in [0.717, 1.165) is 87.9 Å². The Balaban J connectivity index is 0.000000246. The molecule has 312 valence electrons. The zero-order chi connectivity index (χ0) is 42.3. The number of carbonyl (C=O) groups excluding carboxylic acids is 3. The number of hydrogen-bond acceptors (Lipinski definition) is 9. The van der Waals surface area contributed by atoms with Crippen LogP contribution in [0.15, 0.2) is 97.1 Å². The number of anilines is 2. The molecule has 2 fully saturated rings. The van der Waals surface area contributed by atoms with Gasteiger partial charge in [-0.15, -0.1) is 0 Å². The molecule has 9 heteroatoms. The Morgan fingerprint density at radius 3 is 1.09 bits per heavy atom. The summed E-state index contributed by atoms with van der Waals surface area (Å²) in [5.41, 5.74) is 7.64. The molecule has 2 aliphatic heterocycles. The maximum absolute atomic E-state index is 13.6. The van der Waals surface area contributed by atoms with E-state index >= 15 is 0 Å². The third-order valence-electron chi connectivity index (χ3n) is 12.0. The van der Waals surface area contributed by atoms with Crippen LogP contribution >= 0.6 is 0 Å². The minimum absolute atomic E-state index is 0.189. The van der Waals surface area contributed by atoms with Crippen LogP contribution in [-0.4, -0.2) is 120 Å². The van der Waals surface area contributed by atoms with E-state index in [4.69, 9.17) is 14.3 Å². The first-order chi connectivity index (χ1) is 27.9. The first kappa shape index (κ1) is 46.0. The van der Waals surface area contributed by atoms with Gasteiger partial charge in [0, 0.05) is 48.7 Å². The van der Waals surface area contributed by atoms with Crippen LogP contribution < -0.4 is 9.80 Å². The number of benzene rings is 4. The molecular formula is C49H66N4O5. The number of carbonyl (C=O) groups is 3. The Morgan fingerprint density at radius 2 is 0.828 bits per heavy atom. The Kier molecular flexibility index (Phi) is 17.4. The first-order valence-electron chi connectivity index (χ1n) is 20.6. The van der Waals surface area contributed by atoms with E-state index < -0.39 is 11.1 Å². The molecule has 0 amide bonds. The van der Waals surface area contributed by atoms with Crippen LogP contribution in [0, 0.1) is 13.8 Å². The van der Waals surface area contributed by atoms with Gasteiger partial charge < -0.3 is 24.1 Å². The van der Waals surface area contributed by atoms with Gasteiger partial charge in [-0.2, -0.15) is 0 Å². The summed E-state index contributed by atoms with van der Waals surface area (Å²) in [6, 6.07) is 33.2. The van der Waals surface area contributed by atoms with Gasteiger partial charge in [0.25, 0.3) is 0 Å². The summed E-state index contributed by atoms with van der Waals surface area (Å²) in [5, 5.41) is 0. The molecule has 2 unspecified atom stereocenters. The summed E-state index contributed by atoms with van der Waals surface area (Å²) in [5.74, 6) is 0.378. The van der Waals surface area contributed by atoms with Gasteiger partial charge in [0.1, 0.15) is 6.79 Å². The van der Waals surface area contributed by atoms with Gasteiger partial charge in [-0.3, -0.25) is 19.4 Å². The number of nitrogens with zero attached hydrogens (tertiary/aromatic N) is 4. The van der Waals surface area contributed by atoms with E-state index in [1.807, 2.05) is 59.2 Å². The lowest BCUT2D eigenvalue weighted by Gasteiger charge is -2.38. The monoisotopic (exact) mass is 791 g/mol. The van der Waals surface area contributed by atoms with Crippen LogP contribution in [0.3, 0.4) is 0 Å². The number of morpholine rings is 2. The highest BCUT2D eigenvalue weighted by Gasteiger charge is 2.40. The van der Waals surface area contributed by atoms with Crippen molar-refractivity contribution in [3.63, 3.8) is 0 Å². The molecule has 0 bridgehead atoms. The Hall–Kier alpha value is -4.67. The van der Waals surface area contributed by atoms with Gasteiger partial charge in [0.2, 0.25) is 0 Å². The van der Waals surface area contributed by atoms with Gasteiger partial charge in [-0.05, 0) is 127 Å². The smallest absolute Gasteiger partial charge is 0.183 e. The molecule has 0 aliphatic carbocycles. The number of rotatable bonds is 14. The highest BCUT2D eigenvalue weighted by molar-refractivity contribution is 6.04. The van der Waals surface area contributed by atoms with Crippen LogP contribution in [0.25, 0.3) is 0 Å². The molecule has 4 aromatic rings. The fraction of sp³-hybridized carbons (Fsp3) is 0.449. The van der Waals surface area contributed by atoms with Crippen LogP contribution in [0.4, 0.5) is 11.4 Å². The third-order valence-corrected chi connectivity index (χ3v) is 12.0. The number of likely N-dealkylation sites (N-methyl/N-ethyl adjacent to an activating group) is 2. The summed E-state index contributed by atoms with van der Waals surface area (Å²) < 4.78 is 10.9. The fourth-order valence-corrected chi connectivity index (χ4v) is 8.00. The van der Waals surface area contributed by atoms with Crippen molar-refractivity contribution in [2.45, 2.75) is 64.5 Å². The third kappa shape index (κ3) is 11.3. The van der Waals surface area contributed by atoms with Crippen molar-refractivity contribution in [3.8, 4) is 0 Å². The maximum Gasteiger partial charge on any atom is 0.183 e. The number of hydrogen-bond donors (Lipinski definition) is 0. The zero-order valence-corrected chi connectivity index (χ0v) is 36.3. The average molecular weight is 791 g/mol. The van der Waals surface area contributed by atoms with Gasteiger partial charge in [0.05, 0.1) is 37.5 Å². The molecule has 0 N–H and O–H groups in total. The van der Waals surface area contributed by atoms with Gasteiger partial charge in [0.15, 0.2) is 11.6 Å². The van der Waals surface area contributed by atoms with Gasteiger partial charge >= 0.3 is 0 Å². The lowest BCUT2D eigenvalue weighted by Crippen LogP contribution is -2.52. The predicted molar refractivity (Wildman–Crippen MR) is 238 cm³/mol. The molecule has 2 aliphatic rings. The molecule has 0 aromatic heterocycles. The molecule has 9 nitrogen and oxygen atoms in total. The van der Waals surface area contributed by atoms with Crippen molar-refractivity contribution in [1.82, 2.24) is 9.80 Å². The van der Waals surface area contributed by atoms with E-state index in [2.05, 4.69) is 120 Å². The topological polar surface area (TPSA) is 82.6 Å². The summed E-state index contributed by atoms with van der Waals surface area (Å²) in [7, 11) is 8.05. The molecule has 4 aromatic carbocycles. The van der Waals surface area contributed by atoms with E-state index in [9.17, 15) is 9.59 Å². The molecule has 0 spiro atoms. The predicted octanol–water partition coefficient (Wildman–Crippen LogP) is 7.75. The van der Waals surface area contributed by atoms with Crippen molar-refractivity contribution in [2.75, 3.05) is 90.6 Å². The van der Waals surface area contributed by atoms with E-state index in [0.29, 0.717) is 12.8 Å². The lowest BCUT2D eigenvalue weighted by molar-refractivity contribution is -0.0980. The molecule has 58 heavy (non-hydrogen) atoms. The lowest BCUT2D eigenvalue weighted by atomic mass is 9.80. The Bertz CT molecular complexity index is 1710. The maximum atomic E-state index is 13.6. The number of ketones is 2. The molecule has 0 saturated carbocycles. The Morgan fingerprint density at radius 1 is 0.534 bits per heavy atom. The van der Waals surface area contributed by atoms with Crippen molar-refractivity contribution < 1.29 is 23.9 Å². The van der Waals surface area contributed by atoms with Gasteiger partial charge in [-0.25, -0.2) is 0 Å².